The maximum Gasteiger partial charge on any atom is 0.267 e. The van der Waals surface area contributed by atoms with Crippen molar-refractivity contribution in [1.82, 2.24) is 24.6 Å². The number of rotatable bonds is 5. The minimum absolute atomic E-state index is 0.0333. The van der Waals surface area contributed by atoms with Crippen LogP contribution in [0, 0.1) is 6.92 Å². The molecule has 1 atom stereocenters. The molecule has 1 saturated heterocycles. The van der Waals surface area contributed by atoms with Crippen LogP contribution < -0.4 is 5.56 Å². The zero-order valence-electron chi connectivity index (χ0n) is 15.6. The molecule has 26 heavy (non-hydrogen) atoms. The van der Waals surface area contributed by atoms with E-state index in [9.17, 15) is 9.59 Å². The van der Waals surface area contributed by atoms with E-state index >= 15 is 0 Å². The van der Waals surface area contributed by atoms with Gasteiger partial charge >= 0.3 is 0 Å². The summed E-state index contributed by atoms with van der Waals surface area (Å²) in [5.41, 5.74) is 2.36. The van der Waals surface area contributed by atoms with Crippen LogP contribution in [0.3, 0.4) is 0 Å². The highest BCUT2D eigenvalue weighted by Crippen LogP contribution is 2.31. The summed E-state index contributed by atoms with van der Waals surface area (Å²) in [7, 11) is 4.01. The van der Waals surface area contributed by atoms with Crippen LogP contribution in [0.4, 0.5) is 0 Å². The quantitative estimate of drug-likeness (QED) is 0.810. The Kier molecular flexibility index (Phi) is 5.46. The van der Waals surface area contributed by atoms with Crippen molar-refractivity contribution in [2.45, 2.75) is 38.9 Å². The second kappa shape index (κ2) is 7.78. The van der Waals surface area contributed by atoms with Gasteiger partial charge in [0, 0.05) is 19.2 Å². The predicted octanol–water partition coefficient (Wildman–Crippen LogP) is 1.37. The Morgan fingerprint density at radius 3 is 2.85 bits per heavy atom. The third kappa shape index (κ3) is 4.16. The average molecular weight is 355 g/mol. The minimum Gasteiger partial charge on any atom is -0.332 e. The van der Waals surface area contributed by atoms with Crippen molar-refractivity contribution in [1.29, 1.82) is 0 Å². The van der Waals surface area contributed by atoms with E-state index in [1.807, 2.05) is 37.2 Å². The van der Waals surface area contributed by atoms with Gasteiger partial charge in [0.15, 0.2) is 0 Å². The highest BCUT2D eigenvalue weighted by atomic mass is 16.2. The summed E-state index contributed by atoms with van der Waals surface area (Å²) in [5, 5.41) is 4.16. The molecular weight excluding hydrogens is 330 g/mol. The number of nitrogens with zero attached hydrogens (tertiary/aromatic N) is 5. The fourth-order valence-electron chi connectivity index (χ4n) is 3.35. The summed E-state index contributed by atoms with van der Waals surface area (Å²) < 4.78 is 1.24. The number of carbonyl (C=O) groups excluding carboxylic acids is 1. The molecule has 2 aromatic rings. The topological polar surface area (TPSA) is 71.3 Å². The third-order valence-electron chi connectivity index (χ3n) is 4.51. The van der Waals surface area contributed by atoms with Crippen LogP contribution in [0.5, 0.6) is 0 Å². The van der Waals surface area contributed by atoms with E-state index in [4.69, 9.17) is 4.98 Å². The SMILES string of the molecule is Cc1ccc(=O)n(CC(=O)N2CCC[C@H]2c2cccc(CN(C)C)n2)n1. The summed E-state index contributed by atoms with van der Waals surface area (Å²) in [5.74, 6) is -0.0903. The van der Waals surface area contributed by atoms with E-state index in [0.29, 0.717) is 12.2 Å². The molecule has 1 amide bonds. The van der Waals surface area contributed by atoms with Gasteiger partial charge in [0.25, 0.3) is 5.56 Å². The minimum atomic E-state index is -0.259. The van der Waals surface area contributed by atoms with Gasteiger partial charge in [0.2, 0.25) is 5.91 Å². The molecule has 3 rings (SSSR count). The van der Waals surface area contributed by atoms with Crippen LogP contribution in [-0.4, -0.2) is 51.1 Å². The highest BCUT2D eigenvalue weighted by molar-refractivity contribution is 5.76. The zero-order valence-corrected chi connectivity index (χ0v) is 15.6. The number of hydrogen-bond donors (Lipinski definition) is 0. The molecule has 0 aliphatic carbocycles. The molecule has 0 saturated carbocycles. The van der Waals surface area contributed by atoms with Crippen molar-refractivity contribution in [2.75, 3.05) is 20.6 Å². The van der Waals surface area contributed by atoms with E-state index < -0.39 is 0 Å². The average Bonchev–Trinajstić information content (AvgIpc) is 3.07. The summed E-state index contributed by atoms with van der Waals surface area (Å²) in [6.45, 7) is 3.22. The van der Waals surface area contributed by atoms with Crippen LogP contribution in [0.1, 0.15) is 36.0 Å². The monoisotopic (exact) mass is 355 g/mol. The number of hydrogen-bond acceptors (Lipinski definition) is 5. The molecule has 0 aromatic carbocycles. The molecule has 138 valence electrons. The van der Waals surface area contributed by atoms with Crippen molar-refractivity contribution in [3.8, 4) is 0 Å². The lowest BCUT2D eigenvalue weighted by atomic mass is 10.1. The summed E-state index contributed by atoms with van der Waals surface area (Å²) in [6.07, 6.45) is 1.83. The largest absolute Gasteiger partial charge is 0.332 e. The lowest BCUT2D eigenvalue weighted by Gasteiger charge is -2.25. The Morgan fingerprint density at radius 2 is 2.08 bits per heavy atom. The van der Waals surface area contributed by atoms with Gasteiger partial charge in [-0.1, -0.05) is 6.07 Å². The number of carbonyl (C=O) groups is 1. The standard InChI is InChI=1S/C19H25N5O2/c1-14-9-10-18(25)24(21-14)13-19(26)23-11-5-8-17(23)16-7-4-6-15(20-16)12-22(2)3/h4,6-7,9-10,17H,5,8,11-13H2,1-3H3/t17-/m0/s1. The van der Waals surface area contributed by atoms with Gasteiger partial charge in [-0.25, -0.2) is 4.68 Å². The van der Waals surface area contributed by atoms with Crippen LogP contribution in [0.25, 0.3) is 0 Å². The van der Waals surface area contributed by atoms with E-state index in [2.05, 4.69) is 10.00 Å². The molecular formula is C19H25N5O2. The summed E-state index contributed by atoms with van der Waals surface area (Å²) in [6, 6.07) is 9.04. The molecule has 0 spiro atoms. The molecule has 2 aromatic heterocycles. The molecule has 0 bridgehead atoms. The van der Waals surface area contributed by atoms with Crippen LogP contribution in [-0.2, 0) is 17.9 Å². The second-order valence-electron chi connectivity index (χ2n) is 7.01. The van der Waals surface area contributed by atoms with E-state index in [1.165, 1.54) is 10.7 Å². The summed E-state index contributed by atoms with van der Waals surface area (Å²) in [4.78, 5) is 33.4. The van der Waals surface area contributed by atoms with Crippen molar-refractivity contribution < 1.29 is 4.79 Å². The molecule has 7 heteroatoms. The maximum atomic E-state index is 12.8. The molecule has 1 fully saturated rings. The fraction of sp³-hybridized carbons (Fsp3) is 0.474. The maximum absolute atomic E-state index is 12.8. The smallest absolute Gasteiger partial charge is 0.267 e. The first-order chi connectivity index (χ1) is 12.4. The van der Waals surface area contributed by atoms with Crippen molar-refractivity contribution in [3.63, 3.8) is 0 Å². The Morgan fingerprint density at radius 1 is 1.27 bits per heavy atom. The molecule has 3 heterocycles. The Hall–Kier alpha value is -2.54. The van der Waals surface area contributed by atoms with Crippen LogP contribution in [0.2, 0.25) is 0 Å². The van der Waals surface area contributed by atoms with E-state index in [0.717, 1.165) is 30.8 Å². The Labute approximate surface area is 153 Å². The Bertz CT molecular complexity index is 846. The number of aromatic nitrogens is 3. The van der Waals surface area contributed by atoms with Crippen molar-refractivity contribution >= 4 is 5.91 Å². The number of aryl methyl sites for hydroxylation is 1. The van der Waals surface area contributed by atoms with Crippen molar-refractivity contribution in [2.24, 2.45) is 0 Å². The first-order valence-electron chi connectivity index (χ1n) is 8.89. The second-order valence-corrected chi connectivity index (χ2v) is 7.01. The van der Waals surface area contributed by atoms with Crippen LogP contribution >= 0.6 is 0 Å². The van der Waals surface area contributed by atoms with Gasteiger partial charge < -0.3 is 9.80 Å². The lowest BCUT2D eigenvalue weighted by molar-refractivity contribution is -0.133. The molecule has 7 nitrogen and oxygen atoms in total. The number of pyridine rings is 1. The molecule has 0 N–H and O–H groups in total. The summed E-state index contributed by atoms with van der Waals surface area (Å²) >= 11 is 0. The first-order valence-corrected chi connectivity index (χ1v) is 8.89. The lowest BCUT2D eigenvalue weighted by Crippen LogP contribution is -2.37. The third-order valence-corrected chi connectivity index (χ3v) is 4.51. The zero-order chi connectivity index (χ0) is 18.7. The van der Waals surface area contributed by atoms with Gasteiger partial charge in [-0.3, -0.25) is 14.6 Å². The van der Waals surface area contributed by atoms with Gasteiger partial charge in [-0.05, 0) is 52.1 Å². The normalized spacial score (nSPS) is 17.1. The van der Waals surface area contributed by atoms with Crippen LogP contribution in [0.15, 0.2) is 35.1 Å². The molecule has 0 radical (unpaired) electrons. The number of amides is 1. The van der Waals surface area contributed by atoms with Gasteiger partial charge in [0.05, 0.1) is 23.1 Å². The predicted molar refractivity (Wildman–Crippen MR) is 98.6 cm³/mol. The van der Waals surface area contributed by atoms with E-state index in [-0.39, 0.29) is 24.1 Å². The Balaban J connectivity index is 1.78. The van der Waals surface area contributed by atoms with E-state index in [1.54, 1.807) is 13.0 Å². The molecule has 0 unspecified atom stereocenters. The number of likely N-dealkylation sites (tertiary alicyclic amines) is 1. The van der Waals surface area contributed by atoms with Gasteiger partial charge in [0.1, 0.15) is 6.54 Å². The highest BCUT2D eigenvalue weighted by Gasteiger charge is 2.31. The van der Waals surface area contributed by atoms with Gasteiger partial charge in [-0.15, -0.1) is 0 Å². The molecule has 1 aliphatic heterocycles. The van der Waals surface area contributed by atoms with Gasteiger partial charge in [-0.2, -0.15) is 5.10 Å². The molecule has 1 aliphatic rings. The first kappa shape index (κ1) is 18.3. The fourth-order valence-corrected chi connectivity index (χ4v) is 3.35. The van der Waals surface area contributed by atoms with Crippen molar-refractivity contribution in [3.05, 3.63) is 57.8 Å².